The van der Waals surface area contributed by atoms with E-state index in [0.29, 0.717) is 24.8 Å². The molecule has 1 aromatic rings. The Hall–Kier alpha value is -2.35. The van der Waals surface area contributed by atoms with Crippen molar-refractivity contribution in [2.24, 2.45) is 11.8 Å². The number of hydrogen-bond acceptors (Lipinski definition) is 5. The van der Waals surface area contributed by atoms with E-state index in [1.165, 1.54) is 5.56 Å². The predicted molar refractivity (Wildman–Crippen MR) is 110 cm³/mol. The second kappa shape index (κ2) is 8.18. The third-order valence-electron chi connectivity index (χ3n) is 6.75. The molecule has 0 aromatic heterocycles. The van der Waals surface area contributed by atoms with Gasteiger partial charge < -0.3 is 5.32 Å². The molecule has 1 aliphatic heterocycles. The Morgan fingerprint density at radius 2 is 1.86 bits per heavy atom. The van der Waals surface area contributed by atoms with Crippen LogP contribution in [0.2, 0.25) is 0 Å². The summed E-state index contributed by atoms with van der Waals surface area (Å²) in [6.07, 6.45) is 5.87. The molecule has 4 rings (SSSR count). The second-order valence-electron chi connectivity index (χ2n) is 8.41. The minimum Gasteiger partial charge on any atom is -0.385 e. The number of rotatable bonds is 4. The van der Waals surface area contributed by atoms with Gasteiger partial charge in [-0.05, 0) is 43.6 Å². The molecule has 0 radical (unpaired) electrons. The van der Waals surface area contributed by atoms with Gasteiger partial charge in [-0.15, -0.1) is 0 Å². The van der Waals surface area contributed by atoms with Crippen LogP contribution in [-0.4, -0.2) is 25.8 Å². The van der Waals surface area contributed by atoms with Gasteiger partial charge in [0, 0.05) is 24.1 Å². The average molecular weight is 411 g/mol. The number of benzene rings is 1. The summed E-state index contributed by atoms with van der Waals surface area (Å²) in [7, 11) is -3.52. The van der Waals surface area contributed by atoms with E-state index >= 15 is 0 Å². The molecule has 1 heterocycles. The van der Waals surface area contributed by atoms with Crippen LogP contribution < -0.4 is 10.0 Å². The van der Waals surface area contributed by atoms with E-state index in [-0.39, 0.29) is 29.8 Å². The van der Waals surface area contributed by atoms with Gasteiger partial charge >= 0.3 is 0 Å². The van der Waals surface area contributed by atoms with Crippen molar-refractivity contribution < 1.29 is 8.42 Å². The molecular formula is C22H26N4O2S. The van der Waals surface area contributed by atoms with Gasteiger partial charge in [-0.1, -0.05) is 36.8 Å². The Bertz CT molecular complexity index is 961. The van der Waals surface area contributed by atoms with E-state index in [1.807, 2.05) is 18.2 Å². The summed E-state index contributed by atoms with van der Waals surface area (Å²) in [5.41, 5.74) is 1.88. The van der Waals surface area contributed by atoms with Gasteiger partial charge in [0.15, 0.2) is 0 Å². The van der Waals surface area contributed by atoms with Crippen LogP contribution >= 0.6 is 0 Å². The van der Waals surface area contributed by atoms with E-state index in [9.17, 15) is 18.9 Å². The molecule has 152 valence electrons. The number of nitrogens with one attached hydrogen (secondary N) is 2. The topological polar surface area (TPSA) is 106 Å². The van der Waals surface area contributed by atoms with Crippen LogP contribution in [0.25, 0.3) is 0 Å². The lowest BCUT2D eigenvalue weighted by Gasteiger charge is -2.41. The molecule has 0 bridgehead atoms. The van der Waals surface area contributed by atoms with Crippen LogP contribution in [-0.2, 0) is 10.0 Å². The maximum absolute atomic E-state index is 13.1. The molecular weight excluding hydrogens is 384 g/mol. The fraction of sp³-hybridized carbons (Fsp3) is 0.545. The molecule has 0 spiro atoms. The largest absolute Gasteiger partial charge is 0.385 e. The van der Waals surface area contributed by atoms with Crippen molar-refractivity contribution in [3.8, 4) is 12.1 Å². The first-order chi connectivity index (χ1) is 14.0. The Morgan fingerprint density at radius 3 is 2.59 bits per heavy atom. The first-order valence-electron chi connectivity index (χ1n) is 10.4. The standard InChI is InChI=1S/C22H26N4O2S/c23-12-15-5-4-8-18(11-15)29(27,28)26-20-10-9-19(16-6-2-1-3-7-16)21-17(13-24)14-25-22(20)21/h1-3,6-7,14-15,18-22,25-26H,4-5,8-11H2. The number of nitriles is 2. The molecule has 2 N–H and O–H groups in total. The quantitative estimate of drug-likeness (QED) is 0.794. The molecule has 29 heavy (non-hydrogen) atoms. The predicted octanol–water partition coefficient (Wildman–Crippen LogP) is 2.93. The van der Waals surface area contributed by atoms with Gasteiger partial charge in [-0.3, -0.25) is 0 Å². The lowest BCUT2D eigenvalue weighted by molar-refractivity contribution is 0.253. The molecule has 6 unspecified atom stereocenters. The Morgan fingerprint density at radius 1 is 1.07 bits per heavy atom. The molecule has 3 aliphatic rings. The first kappa shape index (κ1) is 19.9. The number of sulfonamides is 1. The summed E-state index contributed by atoms with van der Waals surface area (Å²) in [4.78, 5) is 0. The summed E-state index contributed by atoms with van der Waals surface area (Å²) in [5.74, 6) is -0.0223. The van der Waals surface area contributed by atoms with Gasteiger partial charge in [0.2, 0.25) is 10.0 Å². The zero-order valence-electron chi connectivity index (χ0n) is 16.3. The molecule has 6 atom stereocenters. The minimum absolute atomic E-state index is 0.0398. The molecule has 6 nitrogen and oxygen atoms in total. The van der Waals surface area contributed by atoms with Crippen LogP contribution in [0.3, 0.4) is 0 Å². The van der Waals surface area contributed by atoms with E-state index in [2.05, 4.69) is 34.3 Å². The van der Waals surface area contributed by atoms with Crippen molar-refractivity contribution in [1.82, 2.24) is 10.0 Å². The second-order valence-corrected chi connectivity index (χ2v) is 10.4. The Kier molecular flexibility index (Phi) is 5.63. The normalized spacial score (nSPS) is 34.2. The fourth-order valence-electron chi connectivity index (χ4n) is 5.30. The summed E-state index contributed by atoms with van der Waals surface area (Å²) in [5, 5.41) is 21.6. The van der Waals surface area contributed by atoms with Crippen molar-refractivity contribution in [1.29, 1.82) is 10.5 Å². The van der Waals surface area contributed by atoms with E-state index in [1.54, 1.807) is 6.20 Å². The van der Waals surface area contributed by atoms with Gasteiger partial charge in [-0.25, -0.2) is 13.1 Å². The summed E-state index contributed by atoms with van der Waals surface area (Å²) < 4.78 is 29.1. The van der Waals surface area contributed by atoms with Crippen LogP contribution in [0.4, 0.5) is 0 Å². The summed E-state index contributed by atoms with van der Waals surface area (Å²) in [6, 6.07) is 14.3. The maximum Gasteiger partial charge on any atom is 0.214 e. The van der Waals surface area contributed by atoms with Crippen LogP contribution in [0.15, 0.2) is 42.1 Å². The summed E-state index contributed by atoms with van der Waals surface area (Å²) >= 11 is 0. The van der Waals surface area contributed by atoms with Gasteiger partial charge in [-0.2, -0.15) is 10.5 Å². The van der Waals surface area contributed by atoms with Crippen molar-refractivity contribution in [3.63, 3.8) is 0 Å². The van der Waals surface area contributed by atoms with Gasteiger partial charge in [0.05, 0.1) is 29.0 Å². The smallest absolute Gasteiger partial charge is 0.214 e. The lowest BCUT2D eigenvalue weighted by atomic mass is 9.69. The molecule has 0 amide bonds. The fourth-order valence-corrected chi connectivity index (χ4v) is 7.14. The third-order valence-corrected chi connectivity index (χ3v) is 8.69. The highest BCUT2D eigenvalue weighted by atomic mass is 32.2. The maximum atomic E-state index is 13.1. The van der Waals surface area contributed by atoms with E-state index in [4.69, 9.17) is 0 Å². The van der Waals surface area contributed by atoms with Gasteiger partial charge in [0.1, 0.15) is 0 Å². The zero-order chi connectivity index (χ0) is 20.4. The molecule has 0 saturated heterocycles. The van der Waals surface area contributed by atoms with Gasteiger partial charge in [0.25, 0.3) is 0 Å². The van der Waals surface area contributed by atoms with E-state index in [0.717, 1.165) is 19.3 Å². The van der Waals surface area contributed by atoms with Crippen molar-refractivity contribution >= 4 is 10.0 Å². The van der Waals surface area contributed by atoms with Crippen LogP contribution in [0.1, 0.15) is 50.0 Å². The summed E-state index contributed by atoms with van der Waals surface area (Å²) in [6.45, 7) is 0. The monoisotopic (exact) mass is 410 g/mol. The highest BCUT2D eigenvalue weighted by molar-refractivity contribution is 7.90. The minimum atomic E-state index is -3.52. The van der Waals surface area contributed by atoms with Crippen molar-refractivity contribution in [2.45, 2.75) is 61.8 Å². The van der Waals surface area contributed by atoms with E-state index < -0.39 is 15.3 Å². The highest BCUT2D eigenvalue weighted by Crippen LogP contribution is 2.44. The molecule has 2 aliphatic carbocycles. The number of nitrogens with zero attached hydrogens (tertiary/aromatic N) is 2. The first-order valence-corrected chi connectivity index (χ1v) is 11.9. The zero-order valence-corrected chi connectivity index (χ0v) is 17.1. The van der Waals surface area contributed by atoms with Crippen LogP contribution in [0, 0.1) is 34.5 Å². The Balaban J connectivity index is 1.53. The number of hydrogen-bond donors (Lipinski definition) is 2. The van der Waals surface area contributed by atoms with Crippen LogP contribution in [0.5, 0.6) is 0 Å². The van der Waals surface area contributed by atoms with Crippen molar-refractivity contribution in [2.75, 3.05) is 0 Å². The highest BCUT2D eigenvalue weighted by Gasteiger charge is 2.46. The lowest BCUT2D eigenvalue weighted by Crippen LogP contribution is -2.55. The number of fused-ring (bicyclic) bond motifs is 1. The third kappa shape index (κ3) is 3.90. The SMILES string of the molecule is N#CC1=CNC2C(NS(=O)(=O)C3CCCC(C#N)C3)CCC(c3ccccc3)C12. The van der Waals surface area contributed by atoms with Crippen molar-refractivity contribution in [3.05, 3.63) is 47.7 Å². The molecule has 2 saturated carbocycles. The average Bonchev–Trinajstić information content (AvgIpc) is 3.19. The molecule has 7 heteroatoms. The molecule has 2 fully saturated rings. The molecule has 1 aromatic carbocycles. The Labute approximate surface area is 172 Å².